The monoisotopic (exact) mass is 445 g/mol. The molecule has 1 amide bonds. The van der Waals surface area contributed by atoms with Crippen LogP contribution in [-0.4, -0.2) is 32.9 Å². The number of thioether (sulfide) groups is 1. The lowest BCUT2D eigenvalue weighted by atomic mass is 10.3. The number of aromatic nitrogens is 2. The Morgan fingerprint density at radius 1 is 1.23 bits per heavy atom. The van der Waals surface area contributed by atoms with E-state index in [0.717, 1.165) is 11.4 Å². The molecule has 1 unspecified atom stereocenters. The van der Waals surface area contributed by atoms with E-state index >= 15 is 0 Å². The summed E-state index contributed by atoms with van der Waals surface area (Å²) < 4.78 is 6.22. The number of anilines is 3. The van der Waals surface area contributed by atoms with Gasteiger partial charge in [-0.1, -0.05) is 35.2 Å². The largest absolute Gasteiger partial charge is 0.492 e. The average Bonchev–Trinajstić information content (AvgIpc) is 3.16. The van der Waals surface area contributed by atoms with Crippen LogP contribution in [0, 0.1) is 10.1 Å². The van der Waals surface area contributed by atoms with Crippen molar-refractivity contribution in [2.75, 3.05) is 17.2 Å². The fraction of sp³-hybridized carbons (Fsp3) is 0.211. The van der Waals surface area contributed by atoms with Gasteiger partial charge in [-0.2, -0.15) is 0 Å². The van der Waals surface area contributed by atoms with E-state index in [4.69, 9.17) is 4.74 Å². The molecule has 3 aromatic rings. The van der Waals surface area contributed by atoms with E-state index in [9.17, 15) is 14.9 Å². The van der Waals surface area contributed by atoms with Crippen molar-refractivity contribution in [2.45, 2.75) is 23.4 Å². The van der Waals surface area contributed by atoms with Crippen LogP contribution in [0.5, 0.6) is 5.75 Å². The molecule has 0 fully saturated rings. The Kier molecular flexibility index (Phi) is 7.20. The van der Waals surface area contributed by atoms with Crippen LogP contribution in [0.15, 0.2) is 52.9 Å². The van der Waals surface area contributed by atoms with E-state index in [0.29, 0.717) is 21.8 Å². The molecule has 1 heterocycles. The number of hydrogen-bond acceptors (Lipinski definition) is 9. The number of nitro groups is 1. The van der Waals surface area contributed by atoms with Crippen molar-refractivity contribution < 1.29 is 14.5 Å². The number of carbonyl (C=O) groups is 1. The number of amides is 1. The summed E-state index contributed by atoms with van der Waals surface area (Å²) in [5.41, 5.74) is 1.25. The van der Waals surface area contributed by atoms with Crippen molar-refractivity contribution in [3.05, 3.63) is 58.6 Å². The lowest BCUT2D eigenvalue weighted by Crippen LogP contribution is -2.22. The molecule has 0 bridgehead atoms. The Labute approximate surface area is 181 Å². The van der Waals surface area contributed by atoms with Gasteiger partial charge >= 0.3 is 0 Å². The third-order valence-corrected chi connectivity index (χ3v) is 5.85. The highest BCUT2D eigenvalue weighted by Crippen LogP contribution is 2.33. The van der Waals surface area contributed by atoms with E-state index < -0.39 is 10.2 Å². The molecule has 0 radical (unpaired) electrons. The Morgan fingerprint density at radius 2 is 1.97 bits per heavy atom. The number of nitrogens with zero attached hydrogens (tertiary/aromatic N) is 3. The molecular formula is C19H19N5O4S2. The first-order chi connectivity index (χ1) is 14.5. The smallest absolute Gasteiger partial charge is 0.269 e. The molecular weight excluding hydrogens is 426 g/mol. The first-order valence-corrected chi connectivity index (χ1v) is 10.7. The molecule has 30 heavy (non-hydrogen) atoms. The molecule has 9 nitrogen and oxygen atoms in total. The van der Waals surface area contributed by atoms with Gasteiger partial charge in [0.15, 0.2) is 4.34 Å². The number of rotatable bonds is 9. The molecule has 11 heteroatoms. The minimum atomic E-state index is -0.488. The van der Waals surface area contributed by atoms with Gasteiger partial charge in [-0.3, -0.25) is 14.9 Å². The lowest BCUT2D eigenvalue weighted by molar-refractivity contribution is -0.384. The molecule has 0 aliphatic rings. The van der Waals surface area contributed by atoms with Crippen LogP contribution in [0.25, 0.3) is 0 Å². The van der Waals surface area contributed by atoms with Gasteiger partial charge in [0.2, 0.25) is 11.0 Å². The molecule has 1 atom stereocenters. The van der Waals surface area contributed by atoms with Crippen LogP contribution in [0.2, 0.25) is 0 Å². The fourth-order valence-electron chi connectivity index (χ4n) is 2.39. The van der Waals surface area contributed by atoms with Gasteiger partial charge < -0.3 is 15.4 Å². The van der Waals surface area contributed by atoms with Crippen molar-refractivity contribution in [2.24, 2.45) is 0 Å². The van der Waals surface area contributed by atoms with Crippen LogP contribution in [0.4, 0.5) is 22.2 Å². The minimum absolute atomic E-state index is 0.0322. The zero-order chi connectivity index (χ0) is 21.5. The normalized spacial score (nSPS) is 11.5. The molecule has 3 rings (SSSR count). The number of non-ortho nitro benzene ring substituents is 1. The Hall–Kier alpha value is -3.18. The first kappa shape index (κ1) is 21.5. The predicted molar refractivity (Wildman–Crippen MR) is 118 cm³/mol. The molecule has 0 aliphatic heterocycles. The quantitative estimate of drug-likeness (QED) is 0.276. The summed E-state index contributed by atoms with van der Waals surface area (Å²) in [7, 11) is 0. The number of nitrogens with one attached hydrogen (secondary N) is 2. The van der Waals surface area contributed by atoms with E-state index in [-0.39, 0.29) is 11.6 Å². The van der Waals surface area contributed by atoms with Crippen molar-refractivity contribution in [3.8, 4) is 5.75 Å². The van der Waals surface area contributed by atoms with Crippen molar-refractivity contribution in [1.29, 1.82) is 0 Å². The minimum Gasteiger partial charge on any atom is -0.492 e. The average molecular weight is 446 g/mol. The molecule has 0 aliphatic carbocycles. The van der Waals surface area contributed by atoms with Crippen LogP contribution < -0.4 is 15.4 Å². The van der Waals surface area contributed by atoms with Crippen molar-refractivity contribution in [1.82, 2.24) is 10.2 Å². The van der Waals surface area contributed by atoms with Gasteiger partial charge in [0.05, 0.1) is 22.5 Å². The number of carbonyl (C=O) groups excluding carboxylic acids is 1. The Morgan fingerprint density at radius 3 is 2.67 bits per heavy atom. The Balaban J connectivity index is 1.58. The third kappa shape index (κ3) is 5.67. The maximum Gasteiger partial charge on any atom is 0.269 e. The molecule has 2 aromatic carbocycles. The summed E-state index contributed by atoms with van der Waals surface area (Å²) in [6.07, 6.45) is 0. The van der Waals surface area contributed by atoms with E-state index in [1.54, 1.807) is 6.92 Å². The first-order valence-electron chi connectivity index (χ1n) is 9.00. The van der Waals surface area contributed by atoms with E-state index in [1.165, 1.54) is 47.4 Å². The zero-order valence-electron chi connectivity index (χ0n) is 16.2. The zero-order valence-corrected chi connectivity index (χ0v) is 17.8. The fourth-order valence-corrected chi connectivity index (χ4v) is 4.30. The van der Waals surface area contributed by atoms with Crippen LogP contribution in [-0.2, 0) is 4.79 Å². The van der Waals surface area contributed by atoms with Crippen molar-refractivity contribution in [3.63, 3.8) is 0 Å². The summed E-state index contributed by atoms with van der Waals surface area (Å²) in [4.78, 5) is 22.6. The maximum absolute atomic E-state index is 12.4. The highest BCUT2D eigenvalue weighted by atomic mass is 32.2. The summed E-state index contributed by atoms with van der Waals surface area (Å²) in [5, 5.41) is 25.0. The molecule has 1 aromatic heterocycles. The van der Waals surface area contributed by atoms with Gasteiger partial charge in [-0.15, -0.1) is 10.2 Å². The SMILES string of the molecule is CCOc1ccccc1Nc1nnc(SC(C)C(=O)Nc2ccc([N+](=O)[O-])cc2)s1. The molecule has 2 N–H and O–H groups in total. The predicted octanol–water partition coefficient (Wildman–Crippen LogP) is 4.71. The summed E-state index contributed by atoms with van der Waals surface area (Å²) in [5.74, 6) is 0.487. The standard InChI is InChI=1S/C19H19N5O4S2/c1-3-28-16-7-5-4-6-15(16)21-18-22-23-19(30-18)29-12(2)17(25)20-13-8-10-14(11-9-13)24(26)27/h4-12H,3H2,1-2H3,(H,20,25)(H,21,22). The number of hydrogen-bond donors (Lipinski definition) is 2. The van der Waals surface area contributed by atoms with E-state index in [1.807, 2.05) is 31.2 Å². The molecule has 156 valence electrons. The van der Waals surface area contributed by atoms with Crippen LogP contribution in [0.3, 0.4) is 0 Å². The Bertz CT molecular complexity index is 1030. The van der Waals surface area contributed by atoms with Crippen LogP contribution >= 0.6 is 23.1 Å². The van der Waals surface area contributed by atoms with Gasteiger partial charge in [-0.05, 0) is 38.1 Å². The van der Waals surface area contributed by atoms with Gasteiger partial charge in [0, 0.05) is 17.8 Å². The van der Waals surface area contributed by atoms with Gasteiger partial charge in [-0.25, -0.2) is 0 Å². The van der Waals surface area contributed by atoms with Gasteiger partial charge in [0.25, 0.3) is 5.69 Å². The van der Waals surface area contributed by atoms with Gasteiger partial charge in [0.1, 0.15) is 5.75 Å². The number of ether oxygens (including phenoxy) is 1. The van der Waals surface area contributed by atoms with Crippen LogP contribution in [0.1, 0.15) is 13.8 Å². The summed E-state index contributed by atoms with van der Waals surface area (Å²) in [6.45, 7) is 4.22. The molecule has 0 saturated heterocycles. The second-order valence-corrected chi connectivity index (χ2v) is 8.55. The highest BCUT2D eigenvalue weighted by molar-refractivity contribution is 8.02. The molecule has 0 saturated carbocycles. The maximum atomic E-state index is 12.4. The van der Waals surface area contributed by atoms with E-state index in [2.05, 4.69) is 20.8 Å². The second kappa shape index (κ2) is 10.0. The lowest BCUT2D eigenvalue weighted by Gasteiger charge is -2.10. The van der Waals surface area contributed by atoms with Crippen molar-refractivity contribution >= 4 is 51.2 Å². The third-order valence-electron chi connectivity index (χ3n) is 3.83. The second-order valence-electron chi connectivity index (χ2n) is 5.98. The number of benzene rings is 2. The molecule has 0 spiro atoms. The summed E-state index contributed by atoms with van der Waals surface area (Å²) in [6, 6.07) is 13.2. The highest BCUT2D eigenvalue weighted by Gasteiger charge is 2.18. The topological polar surface area (TPSA) is 119 Å². The number of nitro benzene ring substituents is 1. The number of para-hydroxylation sites is 2. The summed E-state index contributed by atoms with van der Waals surface area (Å²) >= 11 is 2.61.